The lowest BCUT2D eigenvalue weighted by Crippen LogP contribution is -2.05. The standard InChI is InChI=1S/C11H16ClNO/c1-3-14-11-6-8(2)10(12)7-9(11)4-5-13/h6-7H,3-5,13H2,1-2H3. The lowest BCUT2D eigenvalue weighted by atomic mass is 10.1. The van der Waals surface area contributed by atoms with Crippen LogP contribution >= 0.6 is 11.6 Å². The van der Waals surface area contributed by atoms with Crippen LogP contribution in [0.1, 0.15) is 18.1 Å². The second-order valence-electron chi connectivity index (χ2n) is 3.18. The van der Waals surface area contributed by atoms with Crippen LogP contribution in [0.15, 0.2) is 12.1 Å². The van der Waals surface area contributed by atoms with Gasteiger partial charge in [0.2, 0.25) is 0 Å². The Morgan fingerprint density at radius 1 is 1.43 bits per heavy atom. The van der Waals surface area contributed by atoms with E-state index in [0.29, 0.717) is 13.2 Å². The van der Waals surface area contributed by atoms with E-state index in [9.17, 15) is 0 Å². The molecule has 78 valence electrons. The summed E-state index contributed by atoms with van der Waals surface area (Å²) in [5.74, 6) is 0.903. The number of rotatable bonds is 4. The summed E-state index contributed by atoms with van der Waals surface area (Å²) in [6.07, 6.45) is 0.801. The van der Waals surface area contributed by atoms with Crippen LogP contribution in [-0.4, -0.2) is 13.2 Å². The molecule has 14 heavy (non-hydrogen) atoms. The minimum atomic E-state index is 0.611. The van der Waals surface area contributed by atoms with Crippen molar-refractivity contribution < 1.29 is 4.74 Å². The van der Waals surface area contributed by atoms with Gasteiger partial charge < -0.3 is 10.5 Å². The highest BCUT2D eigenvalue weighted by Crippen LogP contribution is 2.26. The number of halogens is 1. The van der Waals surface area contributed by atoms with Crippen molar-refractivity contribution in [2.75, 3.05) is 13.2 Å². The summed E-state index contributed by atoms with van der Waals surface area (Å²) in [6, 6.07) is 3.91. The fraction of sp³-hybridized carbons (Fsp3) is 0.455. The average Bonchev–Trinajstić information content (AvgIpc) is 2.14. The van der Waals surface area contributed by atoms with Crippen molar-refractivity contribution in [2.24, 2.45) is 5.73 Å². The molecular formula is C11H16ClNO. The summed E-state index contributed by atoms with van der Waals surface area (Å²) in [6.45, 7) is 5.21. The van der Waals surface area contributed by atoms with Crippen molar-refractivity contribution in [3.8, 4) is 5.75 Å². The Kier molecular flexibility index (Phi) is 4.23. The van der Waals surface area contributed by atoms with E-state index in [0.717, 1.165) is 28.3 Å². The zero-order valence-electron chi connectivity index (χ0n) is 8.64. The van der Waals surface area contributed by atoms with Gasteiger partial charge >= 0.3 is 0 Å². The highest BCUT2D eigenvalue weighted by Gasteiger charge is 2.06. The maximum atomic E-state index is 6.03. The van der Waals surface area contributed by atoms with Crippen molar-refractivity contribution in [1.82, 2.24) is 0 Å². The number of ether oxygens (including phenoxy) is 1. The summed E-state index contributed by atoms with van der Waals surface area (Å²) < 4.78 is 5.51. The van der Waals surface area contributed by atoms with Crippen LogP contribution in [0, 0.1) is 6.92 Å². The Hall–Kier alpha value is -0.730. The van der Waals surface area contributed by atoms with E-state index in [4.69, 9.17) is 22.1 Å². The molecular weight excluding hydrogens is 198 g/mol. The second kappa shape index (κ2) is 5.23. The van der Waals surface area contributed by atoms with Crippen molar-refractivity contribution in [3.05, 3.63) is 28.3 Å². The summed E-state index contributed by atoms with van der Waals surface area (Å²) in [7, 11) is 0. The van der Waals surface area contributed by atoms with E-state index >= 15 is 0 Å². The first-order chi connectivity index (χ1) is 6.69. The van der Waals surface area contributed by atoms with Gasteiger partial charge in [-0.1, -0.05) is 11.6 Å². The third kappa shape index (κ3) is 2.63. The third-order valence-electron chi connectivity index (χ3n) is 2.06. The molecule has 1 aromatic carbocycles. The van der Waals surface area contributed by atoms with E-state index < -0.39 is 0 Å². The predicted octanol–water partition coefficient (Wildman–Crippen LogP) is 2.55. The zero-order chi connectivity index (χ0) is 10.6. The first-order valence-electron chi connectivity index (χ1n) is 4.81. The van der Waals surface area contributed by atoms with Gasteiger partial charge in [-0.25, -0.2) is 0 Å². The van der Waals surface area contributed by atoms with Gasteiger partial charge in [0, 0.05) is 5.02 Å². The summed E-state index contributed by atoms with van der Waals surface area (Å²) >= 11 is 6.03. The molecule has 0 saturated carbocycles. The van der Waals surface area contributed by atoms with Gasteiger partial charge in [0.25, 0.3) is 0 Å². The van der Waals surface area contributed by atoms with Gasteiger partial charge in [0.1, 0.15) is 5.75 Å². The number of hydrogen-bond donors (Lipinski definition) is 1. The van der Waals surface area contributed by atoms with E-state index in [1.807, 2.05) is 26.0 Å². The first kappa shape index (κ1) is 11.3. The summed E-state index contributed by atoms with van der Waals surface area (Å²) in [4.78, 5) is 0. The molecule has 3 heteroatoms. The van der Waals surface area contributed by atoms with Crippen LogP contribution in [0.4, 0.5) is 0 Å². The molecule has 0 aliphatic heterocycles. The van der Waals surface area contributed by atoms with Crippen LogP contribution in [0.3, 0.4) is 0 Å². The molecule has 0 heterocycles. The van der Waals surface area contributed by atoms with Crippen molar-refractivity contribution in [2.45, 2.75) is 20.3 Å². The van der Waals surface area contributed by atoms with Gasteiger partial charge in [-0.15, -0.1) is 0 Å². The number of hydrogen-bond acceptors (Lipinski definition) is 2. The predicted molar refractivity (Wildman–Crippen MR) is 60.1 cm³/mol. The van der Waals surface area contributed by atoms with E-state index in [1.54, 1.807) is 0 Å². The normalized spacial score (nSPS) is 10.3. The molecule has 1 rings (SSSR count). The fourth-order valence-corrected chi connectivity index (χ4v) is 1.52. The van der Waals surface area contributed by atoms with Crippen molar-refractivity contribution in [1.29, 1.82) is 0 Å². The molecule has 0 amide bonds. The lowest BCUT2D eigenvalue weighted by Gasteiger charge is -2.11. The lowest BCUT2D eigenvalue weighted by molar-refractivity contribution is 0.336. The molecule has 0 aromatic heterocycles. The van der Waals surface area contributed by atoms with Crippen molar-refractivity contribution >= 4 is 11.6 Å². The monoisotopic (exact) mass is 213 g/mol. The Bertz CT molecular complexity index is 281. The number of aryl methyl sites for hydroxylation is 1. The second-order valence-corrected chi connectivity index (χ2v) is 3.59. The van der Waals surface area contributed by atoms with Crippen LogP contribution in [-0.2, 0) is 6.42 Å². The van der Waals surface area contributed by atoms with Gasteiger partial charge in [0.05, 0.1) is 6.61 Å². The molecule has 0 aliphatic carbocycles. The quantitative estimate of drug-likeness (QED) is 0.835. The maximum absolute atomic E-state index is 6.03. The zero-order valence-corrected chi connectivity index (χ0v) is 9.40. The molecule has 0 spiro atoms. The molecule has 0 unspecified atom stereocenters. The molecule has 2 nitrogen and oxygen atoms in total. The SMILES string of the molecule is CCOc1cc(C)c(Cl)cc1CCN. The molecule has 1 aromatic rings. The van der Waals surface area contributed by atoms with Crippen LogP contribution in [0.2, 0.25) is 5.02 Å². The van der Waals surface area contributed by atoms with Crippen LogP contribution < -0.4 is 10.5 Å². The molecule has 0 saturated heterocycles. The van der Waals surface area contributed by atoms with Gasteiger partial charge in [0.15, 0.2) is 0 Å². The molecule has 0 atom stereocenters. The van der Waals surface area contributed by atoms with Gasteiger partial charge in [-0.2, -0.15) is 0 Å². The highest BCUT2D eigenvalue weighted by atomic mass is 35.5. The molecule has 2 N–H and O–H groups in total. The van der Waals surface area contributed by atoms with Gasteiger partial charge in [-0.3, -0.25) is 0 Å². The van der Waals surface area contributed by atoms with Crippen LogP contribution in [0.25, 0.3) is 0 Å². The molecule has 0 fully saturated rings. The van der Waals surface area contributed by atoms with E-state index in [-0.39, 0.29) is 0 Å². The Morgan fingerprint density at radius 2 is 2.14 bits per heavy atom. The molecule has 0 radical (unpaired) electrons. The minimum absolute atomic E-state index is 0.611. The van der Waals surface area contributed by atoms with Gasteiger partial charge in [-0.05, 0) is 50.1 Å². The Labute approximate surface area is 90.0 Å². The smallest absolute Gasteiger partial charge is 0.122 e. The summed E-state index contributed by atoms with van der Waals surface area (Å²) in [5, 5.41) is 0.775. The van der Waals surface area contributed by atoms with E-state index in [2.05, 4.69) is 0 Å². The topological polar surface area (TPSA) is 35.2 Å². The largest absolute Gasteiger partial charge is 0.494 e. The van der Waals surface area contributed by atoms with E-state index in [1.165, 1.54) is 0 Å². The third-order valence-corrected chi connectivity index (χ3v) is 2.46. The number of benzene rings is 1. The average molecular weight is 214 g/mol. The first-order valence-corrected chi connectivity index (χ1v) is 5.18. The minimum Gasteiger partial charge on any atom is -0.494 e. The molecule has 0 bridgehead atoms. The van der Waals surface area contributed by atoms with Crippen molar-refractivity contribution in [3.63, 3.8) is 0 Å². The Morgan fingerprint density at radius 3 is 2.71 bits per heavy atom. The highest BCUT2D eigenvalue weighted by molar-refractivity contribution is 6.31. The fourth-order valence-electron chi connectivity index (χ4n) is 1.34. The number of nitrogens with two attached hydrogens (primary N) is 1. The molecule has 0 aliphatic rings. The van der Waals surface area contributed by atoms with Crippen LogP contribution in [0.5, 0.6) is 5.75 Å². The maximum Gasteiger partial charge on any atom is 0.122 e. The Balaban J connectivity index is 3.03. The summed E-state index contributed by atoms with van der Waals surface area (Å²) in [5.41, 5.74) is 7.64.